The van der Waals surface area contributed by atoms with Gasteiger partial charge in [0.2, 0.25) is 0 Å². The van der Waals surface area contributed by atoms with E-state index in [-0.39, 0.29) is 6.54 Å². The SMILES string of the molecule is CCc1cccnc1CNC(=O)c1cc(F)cc(N)c1F. The molecule has 0 spiro atoms. The Kier molecular flexibility index (Phi) is 4.47. The number of nitrogens with two attached hydrogens (primary N) is 1. The monoisotopic (exact) mass is 291 g/mol. The summed E-state index contributed by atoms with van der Waals surface area (Å²) in [7, 11) is 0. The van der Waals surface area contributed by atoms with Crippen molar-refractivity contribution in [2.45, 2.75) is 19.9 Å². The second-order valence-electron chi connectivity index (χ2n) is 4.50. The van der Waals surface area contributed by atoms with Gasteiger partial charge in [0.25, 0.3) is 5.91 Å². The smallest absolute Gasteiger partial charge is 0.254 e. The van der Waals surface area contributed by atoms with Crippen LogP contribution in [-0.4, -0.2) is 10.9 Å². The van der Waals surface area contributed by atoms with Gasteiger partial charge in [0.05, 0.1) is 23.5 Å². The van der Waals surface area contributed by atoms with E-state index in [1.807, 2.05) is 13.0 Å². The van der Waals surface area contributed by atoms with Crippen LogP contribution in [0.1, 0.15) is 28.5 Å². The van der Waals surface area contributed by atoms with Crippen molar-refractivity contribution in [1.29, 1.82) is 0 Å². The fourth-order valence-corrected chi connectivity index (χ4v) is 1.99. The molecule has 3 N–H and O–H groups in total. The molecule has 0 aliphatic rings. The Morgan fingerprint density at radius 3 is 2.86 bits per heavy atom. The average molecular weight is 291 g/mol. The van der Waals surface area contributed by atoms with Crippen LogP contribution in [-0.2, 0) is 13.0 Å². The van der Waals surface area contributed by atoms with Gasteiger partial charge < -0.3 is 11.1 Å². The summed E-state index contributed by atoms with van der Waals surface area (Å²) in [6, 6.07) is 5.35. The van der Waals surface area contributed by atoms with Crippen molar-refractivity contribution in [1.82, 2.24) is 10.3 Å². The number of hydrogen-bond donors (Lipinski definition) is 2. The van der Waals surface area contributed by atoms with Crippen molar-refractivity contribution in [3.8, 4) is 0 Å². The molecule has 0 fully saturated rings. The molecule has 2 aromatic rings. The summed E-state index contributed by atoms with van der Waals surface area (Å²) in [5, 5.41) is 2.52. The van der Waals surface area contributed by atoms with Crippen LogP contribution < -0.4 is 11.1 Å². The molecule has 0 saturated carbocycles. The Balaban J connectivity index is 2.16. The molecule has 6 heteroatoms. The predicted octanol–water partition coefficient (Wildman–Crippen LogP) is 2.43. The summed E-state index contributed by atoms with van der Waals surface area (Å²) < 4.78 is 26.9. The molecule has 0 radical (unpaired) electrons. The minimum Gasteiger partial charge on any atom is -0.396 e. The average Bonchev–Trinajstić information content (AvgIpc) is 2.48. The van der Waals surface area contributed by atoms with E-state index >= 15 is 0 Å². The van der Waals surface area contributed by atoms with Gasteiger partial charge >= 0.3 is 0 Å². The van der Waals surface area contributed by atoms with Crippen LogP contribution in [0.2, 0.25) is 0 Å². The minimum absolute atomic E-state index is 0.138. The lowest BCUT2D eigenvalue weighted by molar-refractivity contribution is 0.0946. The number of carbonyl (C=O) groups is 1. The lowest BCUT2D eigenvalue weighted by atomic mass is 10.1. The third kappa shape index (κ3) is 3.34. The number of aryl methyl sites for hydroxylation is 1. The second kappa shape index (κ2) is 6.30. The van der Waals surface area contributed by atoms with Crippen molar-refractivity contribution in [3.05, 3.63) is 58.9 Å². The molecule has 0 atom stereocenters. The van der Waals surface area contributed by atoms with Gasteiger partial charge in [-0.15, -0.1) is 0 Å². The highest BCUT2D eigenvalue weighted by Gasteiger charge is 2.16. The maximum atomic E-state index is 13.7. The zero-order chi connectivity index (χ0) is 15.4. The first-order chi connectivity index (χ1) is 10.0. The molecule has 1 aromatic carbocycles. The minimum atomic E-state index is -0.925. The highest BCUT2D eigenvalue weighted by Crippen LogP contribution is 2.17. The predicted molar refractivity (Wildman–Crippen MR) is 75.6 cm³/mol. The summed E-state index contributed by atoms with van der Waals surface area (Å²) >= 11 is 0. The molecule has 21 heavy (non-hydrogen) atoms. The number of hydrogen-bond acceptors (Lipinski definition) is 3. The van der Waals surface area contributed by atoms with Crippen LogP contribution in [0.15, 0.2) is 30.5 Å². The van der Waals surface area contributed by atoms with Crippen LogP contribution in [0.5, 0.6) is 0 Å². The molecule has 2 rings (SSSR count). The van der Waals surface area contributed by atoms with E-state index < -0.39 is 28.8 Å². The number of aromatic nitrogens is 1. The summed E-state index contributed by atoms with van der Waals surface area (Å²) in [6.07, 6.45) is 2.38. The van der Waals surface area contributed by atoms with Crippen molar-refractivity contribution >= 4 is 11.6 Å². The summed E-state index contributed by atoms with van der Waals surface area (Å²) in [5.74, 6) is -2.41. The first-order valence-corrected chi connectivity index (χ1v) is 6.48. The van der Waals surface area contributed by atoms with Gasteiger partial charge in [-0.3, -0.25) is 9.78 Å². The van der Waals surface area contributed by atoms with Crippen molar-refractivity contribution < 1.29 is 13.6 Å². The number of nitrogens with one attached hydrogen (secondary N) is 1. The molecule has 0 saturated heterocycles. The number of anilines is 1. The molecule has 110 valence electrons. The van der Waals surface area contributed by atoms with Gasteiger partial charge in [-0.2, -0.15) is 0 Å². The van der Waals surface area contributed by atoms with Crippen LogP contribution >= 0.6 is 0 Å². The highest BCUT2D eigenvalue weighted by atomic mass is 19.1. The topological polar surface area (TPSA) is 68.0 Å². The molecule has 1 amide bonds. The highest BCUT2D eigenvalue weighted by molar-refractivity contribution is 5.95. The number of halogens is 2. The Bertz CT molecular complexity index is 674. The Labute approximate surface area is 121 Å². The Morgan fingerprint density at radius 2 is 2.14 bits per heavy atom. The van der Waals surface area contributed by atoms with E-state index in [1.165, 1.54) is 0 Å². The number of benzene rings is 1. The molecule has 0 aliphatic carbocycles. The quantitative estimate of drug-likeness (QED) is 0.850. The van der Waals surface area contributed by atoms with Gasteiger partial charge in [-0.1, -0.05) is 13.0 Å². The maximum Gasteiger partial charge on any atom is 0.254 e. The summed E-state index contributed by atoms with van der Waals surface area (Å²) in [5.41, 5.74) is 6.17. The number of nitrogen functional groups attached to an aromatic ring is 1. The molecular formula is C15H15F2N3O. The number of nitrogens with zero attached hydrogens (tertiary/aromatic N) is 1. The Hall–Kier alpha value is -2.50. The van der Waals surface area contributed by atoms with Crippen LogP contribution in [0.25, 0.3) is 0 Å². The third-order valence-electron chi connectivity index (χ3n) is 3.09. The zero-order valence-corrected chi connectivity index (χ0v) is 11.5. The van der Waals surface area contributed by atoms with Gasteiger partial charge in [0, 0.05) is 6.20 Å². The fraction of sp³-hybridized carbons (Fsp3) is 0.200. The van der Waals surface area contributed by atoms with Gasteiger partial charge in [-0.25, -0.2) is 8.78 Å². The van der Waals surface area contributed by atoms with Gasteiger partial charge in [0.15, 0.2) is 5.82 Å². The van der Waals surface area contributed by atoms with Crippen LogP contribution in [0.4, 0.5) is 14.5 Å². The van der Waals surface area contributed by atoms with E-state index in [0.29, 0.717) is 5.69 Å². The Morgan fingerprint density at radius 1 is 1.38 bits per heavy atom. The molecule has 4 nitrogen and oxygen atoms in total. The van der Waals surface area contributed by atoms with E-state index in [2.05, 4.69) is 10.3 Å². The van der Waals surface area contributed by atoms with Gasteiger partial charge in [0.1, 0.15) is 5.82 Å². The number of pyridine rings is 1. The maximum absolute atomic E-state index is 13.7. The second-order valence-corrected chi connectivity index (χ2v) is 4.50. The van der Waals surface area contributed by atoms with Crippen molar-refractivity contribution in [2.24, 2.45) is 0 Å². The molecule has 0 aliphatic heterocycles. The summed E-state index contributed by atoms with van der Waals surface area (Å²) in [6.45, 7) is 2.11. The summed E-state index contributed by atoms with van der Waals surface area (Å²) in [4.78, 5) is 16.1. The molecule has 1 heterocycles. The molecule has 0 unspecified atom stereocenters. The first-order valence-electron chi connectivity index (χ1n) is 6.48. The van der Waals surface area contributed by atoms with Crippen molar-refractivity contribution in [3.63, 3.8) is 0 Å². The third-order valence-corrected chi connectivity index (χ3v) is 3.09. The zero-order valence-electron chi connectivity index (χ0n) is 11.5. The largest absolute Gasteiger partial charge is 0.396 e. The fourth-order valence-electron chi connectivity index (χ4n) is 1.99. The van der Waals surface area contributed by atoms with Crippen LogP contribution in [0, 0.1) is 11.6 Å². The van der Waals surface area contributed by atoms with Crippen molar-refractivity contribution in [2.75, 3.05) is 5.73 Å². The lowest BCUT2D eigenvalue weighted by Gasteiger charge is -2.09. The van der Waals surface area contributed by atoms with Gasteiger partial charge in [-0.05, 0) is 30.2 Å². The molecule has 0 bridgehead atoms. The normalized spacial score (nSPS) is 10.4. The van der Waals surface area contributed by atoms with E-state index in [0.717, 1.165) is 24.1 Å². The number of carbonyl (C=O) groups excluding carboxylic acids is 1. The van der Waals surface area contributed by atoms with Crippen LogP contribution in [0.3, 0.4) is 0 Å². The molecule has 1 aromatic heterocycles. The van der Waals surface area contributed by atoms with E-state index in [1.54, 1.807) is 12.3 Å². The standard InChI is InChI=1S/C15H15F2N3O/c1-2-9-4-3-5-19-13(9)8-20-15(21)11-6-10(16)7-12(18)14(11)17/h3-7H,2,8,18H2,1H3,(H,20,21). The van der Waals surface area contributed by atoms with E-state index in [4.69, 9.17) is 5.73 Å². The lowest BCUT2D eigenvalue weighted by Crippen LogP contribution is -2.25. The van der Waals surface area contributed by atoms with E-state index in [9.17, 15) is 13.6 Å². The molecular weight excluding hydrogens is 276 g/mol. The number of amides is 1. The number of rotatable bonds is 4. The first kappa shape index (κ1) is 14.9.